The minimum atomic E-state index is -0.767. The van der Waals surface area contributed by atoms with Gasteiger partial charge in [0.15, 0.2) is 5.54 Å². The van der Waals surface area contributed by atoms with E-state index in [4.69, 9.17) is 9.47 Å². The van der Waals surface area contributed by atoms with Crippen LogP contribution in [0.25, 0.3) is 0 Å². The second-order valence-corrected chi connectivity index (χ2v) is 5.55. The van der Waals surface area contributed by atoms with E-state index in [9.17, 15) is 5.26 Å². The van der Waals surface area contributed by atoms with Crippen molar-refractivity contribution >= 4 is 0 Å². The van der Waals surface area contributed by atoms with Gasteiger partial charge in [-0.05, 0) is 24.9 Å². The van der Waals surface area contributed by atoms with Gasteiger partial charge in [-0.2, -0.15) is 5.26 Å². The molecule has 2 atom stereocenters. The Bertz CT molecular complexity index is 452. The Labute approximate surface area is 127 Å². The van der Waals surface area contributed by atoms with Crippen molar-refractivity contribution in [2.75, 3.05) is 33.0 Å². The molecule has 21 heavy (non-hydrogen) atoms. The van der Waals surface area contributed by atoms with E-state index in [2.05, 4.69) is 18.3 Å². The standard InChI is InChI=1S/C17H24N2O2/c1-2-9-19-17(13-18,16-6-4-3-5-7-16)14-21-12-15-8-10-20-11-15/h3-7,15,19H,2,8-12,14H2,1H3. The van der Waals surface area contributed by atoms with Crippen LogP contribution in [0.3, 0.4) is 0 Å². The SMILES string of the molecule is CCCNC(C#N)(COCC1CCOC1)c1ccccc1. The third kappa shape index (κ3) is 4.28. The minimum Gasteiger partial charge on any atom is -0.381 e. The number of nitriles is 1. The summed E-state index contributed by atoms with van der Waals surface area (Å²) in [7, 11) is 0. The van der Waals surface area contributed by atoms with Crippen molar-refractivity contribution in [3.8, 4) is 6.07 Å². The van der Waals surface area contributed by atoms with Gasteiger partial charge in [-0.3, -0.25) is 5.32 Å². The molecule has 1 aromatic carbocycles. The van der Waals surface area contributed by atoms with Crippen LogP contribution in [-0.2, 0) is 15.0 Å². The summed E-state index contributed by atoms with van der Waals surface area (Å²) in [6.07, 6.45) is 2.03. The van der Waals surface area contributed by atoms with Gasteiger partial charge in [-0.25, -0.2) is 0 Å². The van der Waals surface area contributed by atoms with Gasteiger partial charge < -0.3 is 9.47 Å². The maximum atomic E-state index is 9.73. The fourth-order valence-electron chi connectivity index (χ4n) is 2.53. The monoisotopic (exact) mass is 288 g/mol. The molecule has 4 heteroatoms. The van der Waals surface area contributed by atoms with Gasteiger partial charge in [0.25, 0.3) is 0 Å². The highest BCUT2D eigenvalue weighted by Crippen LogP contribution is 2.22. The Morgan fingerprint density at radius 3 is 2.86 bits per heavy atom. The second-order valence-electron chi connectivity index (χ2n) is 5.55. The summed E-state index contributed by atoms with van der Waals surface area (Å²) in [5.41, 5.74) is 0.195. The topological polar surface area (TPSA) is 54.3 Å². The van der Waals surface area contributed by atoms with E-state index in [0.717, 1.165) is 38.2 Å². The maximum absolute atomic E-state index is 9.73. The van der Waals surface area contributed by atoms with Gasteiger partial charge in [0.05, 0.1) is 25.9 Å². The van der Waals surface area contributed by atoms with Crippen LogP contribution >= 0.6 is 0 Å². The quantitative estimate of drug-likeness (QED) is 0.798. The zero-order chi connectivity index (χ0) is 15.0. The molecule has 0 radical (unpaired) electrons. The largest absolute Gasteiger partial charge is 0.381 e. The molecule has 0 aromatic heterocycles. The number of benzene rings is 1. The molecule has 0 aliphatic carbocycles. The zero-order valence-electron chi connectivity index (χ0n) is 12.7. The second kappa shape index (κ2) is 8.14. The number of hydrogen-bond acceptors (Lipinski definition) is 4. The minimum absolute atomic E-state index is 0.365. The first kappa shape index (κ1) is 16.0. The van der Waals surface area contributed by atoms with Crippen LogP contribution < -0.4 is 5.32 Å². The van der Waals surface area contributed by atoms with Crippen molar-refractivity contribution in [2.45, 2.75) is 25.3 Å². The summed E-state index contributed by atoms with van der Waals surface area (Å²) in [5, 5.41) is 13.1. The third-order valence-corrected chi connectivity index (χ3v) is 3.83. The Balaban J connectivity index is 2.02. The fraction of sp³-hybridized carbons (Fsp3) is 0.588. The predicted octanol–water partition coefficient (Wildman–Crippen LogP) is 2.46. The van der Waals surface area contributed by atoms with Crippen LogP contribution in [0, 0.1) is 17.2 Å². The van der Waals surface area contributed by atoms with Crippen LogP contribution in [0.2, 0.25) is 0 Å². The Morgan fingerprint density at radius 2 is 2.24 bits per heavy atom. The molecule has 114 valence electrons. The lowest BCUT2D eigenvalue weighted by Crippen LogP contribution is -2.46. The molecule has 1 aliphatic heterocycles. The van der Waals surface area contributed by atoms with Gasteiger partial charge in [-0.1, -0.05) is 37.3 Å². The molecule has 2 unspecified atom stereocenters. The molecule has 1 N–H and O–H groups in total. The highest BCUT2D eigenvalue weighted by atomic mass is 16.5. The van der Waals surface area contributed by atoms with E-state index < -0.39 is 5.54 Å². The van der Waals surface area contributed by atoms with Crippen molar-refractivity contribution < 1.29 is 9.47 Å². The summed E-state index contributed by atoms with van der Waals surface area (Å²) in [5.74, 6) is 0.461. The molecule has 1 saturated heterocycles. The lowest BCUT2D eigenvalue weighted by molar-refractivity contribution is 0.0578. The molecule has 1 aliphatic rings. The summed E-state index contributed by atoms with van der Waals surface area (Å²) in [6, 6.07) is 12.3. The molecule has 0 spiro atoms. The maximum Gasteiger partial charge on any atom is 0.155 e. The third-order valence-electron chi connectivity index (χ3n) is 3.83. The van der Waals surface area contributed by atoms with Gasteiger partial charge >= 0.3 is 0 Å². The number of hydrogen-bond donors (Lipinski definition) is 1. The van der Waals surface area contributed by atoms with Crippen LogP contribution in [0.15, 0.2) is 30.3 Å². The van der Waals surface area contributed by atoms with Crippen molar-refractivity contribution in [2.24, 2.45) is 5.92 Å². The lowest BCUT2D eigenvalue weighted by atomic mass is 9.92. The van der Waals surface area contributed by atoms with Crippen molar-refractivity contribution in [1.82, 2.24) is 5.32 Å². The molecule has 0 amide bonds. The number of ether oxygens (including phenoxy) is 2. The average molecular weight is 288 g/mol. The van der Waals surface area contributed by atoms with Crippen molar-refractivity contribution in [3.05, 3.63) is 35.9 Å². The molecule has 1 heterocycles. The Hall–Kier alpha value is -1.41. The first-order valence-electron chi connectivity index (χ1n) is 7.68. The Kier molecular flexibility index (Phi) is 6.19. The molecule has 0 bridgehead atoms. The zero-order valence-corrected chi connectivity index (χ0v) is 12.7. The Morgan fingerprint density at radius 1 is 1.43 bits per heavy atom. The highest BCUT2D eigenvalue weighted by Gasteiger charge is 2.32. The molecule has 1 aromatic rings. The smallest absolute Gasteiger partial charge is 0.155 e. The highest BCUT2D eigenvalue weighted by molar-refractivity contribution is 5.31. The number of rotatable bonds is 8. The average Bonchev–Trinajstić information content (AvgIpc) is 3.05. The van der Waals surface area contributed by atoms with Crippen LogP contribution in [-0.4, -0.2) is 33.0 Å². The fourth-order valence-corrected chi connectivity index (χ4v) is 2.53. The van der Waals surface area contributed by atoms with E-state index in [0.29, 0.717) is 19.1 Å². The summed E-state index contributed by atoms with van der Waals surface area (Å²) in [4.78, 5) is 0. The van der Waals surface area contributed by atoms with Gasteiger partial charge in [0.2, 0.25) is 0 Å². The van der Waals surface area contributed by atoms with E-state index in [-0.39, 0.29) is 0 Å². The first-order valence-corrected chi connectivity index (χ1v) is 7.68. The van der Waals surface area contributed by atoms with Crippen molar-refractivity contribution in [3.63, 3.8) is 0 Å². The van der Waals surface area contributed by atoms with E-state index >= 15 is 0 Å². The molecule has 1 fully saturated rings. The van der Waals surface area contributed by atoms with Gasteiger partial charge in [-0.15, -0.1) is 0 Å². The predicted molar refractivity (Wildman–Crippen MR) is 81.8 cm³/mol. The normalized spacial score (nSPS) is 20.9. The molecule has 0 saturated carbocycles. The van der Waals surface area contributed by atoms with Gasteiger partial charge in [0, 0.05) is 12.5 Å². The van der Waals surface area contributed by atoms with Crippen LogP contribution in [0.4, 0.5) is 0 Å². The summed E-state index contributed by atoms with van der Waals surface area (Å²) >= 11 is 0. The summed E-state index contributed by atoms with van der Waals surface area (Å²) < 4.78 is 11.2. The van der Waals surface area contributed by atoms with Crippen LogP contribution in [0.5, 0.6) is 0 Å². The molecular weight excluding hydrogens is 264 g/mol. The number of nitrogens with zero attached hydrogens (tertiary/aromatic N) is 1. The van der Waals surface area contributed by atoms with E-state index in [1.807, 2.05) is 30.3 Å². The van der Waals surface area contributed by atoms with Crippen LogP contribution in [0.1, 0.15) is 25.3 Å². The molecule has 2 rings (SSSR count). The molecule has 4 nitrogen and oxygen atoms in total. The number of nitrogens with one attached hydrogen (secondary N) is 1. The molecular formula is C17H24N2O2. The summed E-state index contributed by atoms with van der Waals surface area (Å²) in [6.45, 7) is 5.50. The van der Waals surface area contributed by atoms with Gasteiger partial charge in [0.1, 0.15) is 0 Å². The first-order chi connectivity index (χ1) is 10.3. The van der Waals surface area contributed by atoms with E-state index in [1.54, 1.807) is 0 Å². The van der Waals surface area contributed by atoms with E-state index in [1.165, 1.54) is 0 Å². The lowest BCUT2D eigenvalue weighted by Gasteiger charge is -2.28. The van der Waals surface area contributed by atoms with Crippen molar-refractivity contribution in [1.29, 1.82) is 5.26 Å².